The highest BCUT2D eigenvalue weighted by Gasteiger charge is 2.29. The Morgan fingerprint density at radius 3 is 1.49 bits per heavy atom. The number of phenols is 1. The molecule has 2 amide bonds. The smallest absolute Gasteiger partial charge is 0.390 e. The fourth-order valence-electron chi connectivity index (χ4n) is 8.34. The van der Waals surface area contributed by atoms with Crippen LogP contribution in [0.2, 0.25) is 0 Å². The van der Waals surface area contributed by atoms with E-state index in [0.717, 1.165) is 42.9 Å². The van der Waals surface area contributed by atoms with Gasteiger partial charge in [0.1, 0.15) is 35.2 Å². The summed E-state index contributed by atoms with van der Waals surface area (Å²) in [5.74, 6) is -2.24. The highest BCUT2D eigenvalue weighted by molar-refractivity contribution is 5.98. The number of hydrogen-bond acceptors (Lipinski definition) is 10. The molecule has 6 aromatic carbocycles. The summed E-state index contributed by atoms with van der Waals surface area (Å²) < 4.78 is 125. The van der Waals surface area contributed by atoms with E-state index < -0.39 is 49.1 Å². The van der Waals surface area contributed by atoms with Gasteiger partial charge < -0.3 is 40.6 Å². The Balaban J connectivity index is 0.000000188. The molecule has 0 unspecified atom stereocenters. The van der Waals surface area contributed by atoms with E-state index >= 15 is 0 Å². The minimum absolute atomic E-state index is 0.103. The summed E-state index contributed by atoms with van der Waals surface area (Å²) >= 11 is 0. The minimum atomic E-state index is -4.35. The highest BCUT2D eigenvalue weighted by atomic mass is 19.4. The van der Waals surface area contributed by atoms with Gasteiger partial charge in [-0.05, 0) is 111 Å². The summed E-state index contributed by atoms with van der Waals surface area (Å²) in [6.45, 7) is 2.88. The average Bonchev–Trinajstić information content (AvgIpc) is 4.29. The van der Waals surface area contributed by atoms with Gasteiger partial charge in [0, 0.05) is 71.9 Å². The van der Waals surface area contributed by atoms with Crippen LogP contribution in [0.5, 0.6) is 34.5 Å². The van der Waals surface area contributed by atoms with Gasteiger partial charge >= 0.3 is 12.4 Å². The van der Waals surface area contributed by atoms with E-state index in [2.05, 4.69) is 31.2 Å². The quantitative estimate of drug-likeness (QED) is 0.0554. The number of nitrogens with one attached hydrogen (secondary N) is 4. The van der Waals surface area contributed by atoms with Gasteiger partial charge in [-0.2, -0.15) is 26.3 Å². The lowest BCUT2D eigenvalue weighted by Gasteiger charge is -2.15. The molecule has 8 aromatic rings. The zero-order valence-electron chi connectivity index (χ0n) is 41.5. The SMILES string of the molecule is COc1c(F)cccc1Oc1cc(NCCC(F)(F)F)c2ncn(-c3ccc(C(=O)NC4CC4)c(C)c3)c2c1.Cc1cc(-n2cnc3c(NCCC(F)(F)F)cc(Oc4cccc(F)c4O)cc32)ccc1C(=O)NC1CC1. The van der Waals surface area contributed by atoms with Gasteiger partial charge in [0.05, 0.1) is 42.4 Å². The van der Waals surface area contributed by atoms with Crippen LogP contribution in [0.25, 0.3) is 33.4 Å². The van der Waals surface area contributed by atoms with E-state index in [1.165, 1.54) is 55.9 Å². The van der Waals surface area contributed by atoms with E-state index in [0.29, 0.717) is 50.3 Å². The summed E-state index contributed by atoms with van der Waals surface area (Å²) in [5.41, 5.74) is 6.38. The Kier molecular flexibility index (Phi) is 15.2. The zero-order chi connectivity index (χ0) is 54.8. The van der Waals surface area contributed by atoms with Crippen LogP contribution in [0, 0.1) is 25.5 Å². The van der Waals surface area contributed by atoms with Gasteiger partial charge in [-0.15, -0.1) is 0 Å². The third-order valence-corrected chi connectivity index (χ3v) is 12.5. The first-order chi connectivity index (χ1) is 36.7. The lowest BCUT2D eigenvalue weighted by molar-refractivity contribution is -0.132. The summed E-state index contributed by atoms with van der Waals surface area (Å²) in [7, 11) is 1.31. The van der Waals surface area contributed by atoms with E-state index in [9.17, 15) is 49.8 Å². The van der Waals surface area contributed by atoms with Crippen molar-refractivity contribution in [2.24, 2.45) is 0 Å². The molecular formula is C55H50F8N8O6. The van der Waals surface area contributed by atoms with E-state index in [4.69, 9.17) is 14.2 Å². The normalized spacial score (nSPS) is 13.4. The van der Waals surface area contributed by atoms with Gasteiger partial charge in [-0.3, -0.25) is 18.7 Å². The van der Waals surface area contributed by atoms with Gasteiger partial charge in [0.25, 0.3) is 11.8 Å². The fourth-order valence-corrected chi connectivity index (χ4v) is 8.34. The van der Waals surface area contributed by atoms with Crippen LogP contribution >= 0.6 is 0 Å². The molecule has 402 valence electrons. The number of anilines is 2. The molecule has 0 bridgehead atoms. The Labute approximate surface area is 435 Å². The highest BCUT2D eigenvalue weighted by Crippen LogP contribution is 2.40. The van der Waals surface area contributed by atoms with Crippen molar-refractivity contribution in [3.63, 3.8) is 0 Å². The Morgan fingerprint density at radius 2 is 1.06 bits per heavy atom. The average molecular weight is 1070 g/mol. The number of fused-ring (bicyclic) bond motifs is 2. The number of aryl methyl sites for hydroxylation is 2. The number of amides is 2. The number of phenolic OH excluding ortho intramolecular Hbond substituents is 1. The van der Waals surface area contributed by atoms with Gasteiger partial charge in [-0.1, -0.05) is 12.1 Å². The van der Waals surface area contributed by atoms with Gasteiger partial charge in [0.15, 0.2) is 34.6 Å². The minimum Gasteiger partial charge on any atom is -0.502 e. The van der Waals surface area contributed by atoms with Crippen LogP contribution in [0.1, 0.15) is 70.4 Å². The second-order valence-electron chi connectivity index (χ2n) is 18.5. The van der Waals surface area contributed by atoms with E-state index in [-0.39, 0.29) is 64.9 Å². The second kappa shape index (κ2) is 22.0. The first-order valence-electron chi connectivity index (χ1n) is 24.3. The number of halogens is 8. The third-order valence-electron chi connectivity index (χ3n) is 12.5. The number of carbonyl (C=O) groups is 2. The largest absolute Gasteiger partial charge is 0.502 e. The van der Waals surface area contributed by atoms with Crippen molar-refractivity contribution in [2.45, 2.75) is 76.8 Å². The number of hydrogen-bond donors (Lipinski definition) is 5. The molecule has 2 fully saturated rings. The summed E-state index contributed by atoms with van der Waals surface area (Å²) in [4.78, 5) is 33.9. The predicted molar refractivity (Wildman–Crippen MR) is 272 cm³/mol. The van der Waals surface area contributed by atoms with Gasteiger partial charge in [-0.25, -0.2) is 18.7 Å². The maximum absolute atomic E-state index is 14.2. The number of alkyl halides is 6. The number of methoxy groups -OCH3 is 1. The maximum Gasteiger partial charge on any atom is 0.390 e. The summed E-state index contributed by atoms with van der Waals surface area (Å²) in [6, 6.07) is 25.3. The number of imidazole rings is 2. The molecule has 0 radical (unpaired) electrons. The van der Waals surface area contributed by atoms with Crippen molar-refractivity contribution < 1.29 is 64.0 Å². The van der Waals surface area contributed by atoms with Crippen LogP contribution in [0.4, 0.5) is 46.5 Å². The molecule has 2 aliphatic rings. The number of carbonyl (C=O) groups excluding carboxylic acids is 2. The monoisotopic (exact) mass is 1070 g/mol. The molecule has 77 heavy (non-hydrogen) atoms. The van der Waals surface area contributed by atoms with Gasteiger partial charge in [0.2, 0.25) is 0 Å². The lowest BCUT2D eigenvalue weighted by Crippen LogP contribution is -2.26. The second-order valence-corrected chi connectivity index (χ2v) is 18.5. The van der Waals surface area contributed by atoms with Crippen LogP contribution in [-0.2, 0) is 0 Å². The van der Waals surface area contributed by atoms with Crippen molar-refractivity contribution in [1.29, 1.82) is 0 Å². The molecule has 14 nitrogen and oxygen atoms in total. The van der Waals surface area contributed by atoms with Crippen molar-refractivity contribution in [1.82, 2.24) is 29.7 Å². The number of aromatic hydroxyl groups is 1. The van der Waals surface area contributed by atoms with Crippen LogP contribution < -0.4 is 35.5 Å². The molecule has 0 atom stereocenters. The Bertz CT molecular complexity index is 3500. The van der Waals surface area contributed by atoms with Crippen molar-refractivity contribution in [3.8, 4) is 45.9 Å². The molecule has 22 heteroatoms. The topological polar surface area (TPSA) is 166 Å². The van der Waals surface area contributed by atoms with Crippen molar-refractivity contribution in [2.75, 3.05) is 30.8 Å². The maximum atomic E-state index is 14.2. The molecule has 2 heterocycles. The molecule has 10 rings (SSSR count). The van der Waals surface area contributed by atoms with E-state index in [1.54, 1.807) is 51.9 Å². The van der Waals surface area contributed by atoms with Crippen LogP contribution in [0.15, 0.2) is 110 Å². The first-order valence-corrected chi connectivity index (χ1v) is 24.3. The molecule has 0 aliphatic heterocycles. The Hall–Kier alpha value is -8.56. The first kappa shape index (κ1) is 53.3. The lowest BCUT2D eigenvalue weighted by atomic mass is 10.1. The molecule has 2 saturated carbocycles. The molecule has 0 saturated heterocycles. The van der Waals surface area contributed by atoms with E-state index in [1.807, 2.05) is 26.0 Å². The van der Waals surface area contributed by atoms with Crippen molar-refractivity contribution in [3.05, 3.63) is 144 Å². The molecule has 0 spiro atoms. The predicted octanol–water partition coefficient (Wildman–Crippen LogP) is 12.8. The number of benzene rings is 6. The molecular weight excluding hydrogens is 1020 g/mol. The number of ether oxygens (including phenoxy) is 3. The summed E-state index contributed by atoms with van der Waals surface area (Å²) in [6.07, 6.45) is -3.81. The van der Waals surface area contributed by atoms with Crippen LogP contribution in [0.3, 0.4) is 0 Å². The number of para-hydroxylation sites is 2. The standard InChI is InChI=1S/C28H26F4N4O3.C27H24F4N4O3/c1-16-12-18(8-9-20(16)27(37)35-17-6-7-17)36-15-34-25-22(33-11-10-28(30,31)32)13-19(14-23(25)36)39-24-5-3-4-21(29)26(24)38-2;1-15-11-17(7-8-19(15)26(37)34-16-5-6-16)35-14-33-24-21(32-10-9-27(29,30)31)12-18(13-22(24)35)38-23-4-2-3-20(28)25(23)36/h3-5,8-9,12-15,17,33H,6-7,10-11H2,1-2H3,(H,35,37);2-4,7-8,11-14,16,32,36H,5-6,9-10H2,1H3,(H,34,37). The Morgan fingerprint density at radius 1 is 0.623 bits per heavy atom. The number of aromatic nitrogens is 4. The molecule has 2 aromatic heterocycles. The zero-order valence-corrected chi connectivity index (χ0v) is 41.5. The fraction of sp³-hybridized carbons (Fsp3) is 0.273. The molecule has 2 aliphatic carbocycles. The molecule has 5 N–H and O–H groups in total. The third kappa shape index (κ3) is 12.9. The summed E-state index contributed by atoms with van der Waals surface area (Å²) in [5, 5.41) is 21.5. The van der Waals surface area contributed by atoms with Crippen LogP contribution in [-0.4, -0.2) is 80.7 Å². The van der Waals surface area contributed by atoms with Crippen molar-refractivity contribution >= 4 is 45.3 Å². The number of nitrogens with zero attached hydrogens (tertiary/aromatic N) is 4. The number of rotatable bonds is 17.